The van der Waals surface area contributed by atoms with Gasteiger partial charge in [-0.2, -0.15) is 0 Å². The lowest BCUT2D eigenvalue weighted by molar-refractivity contribution is 0.112. The van der Waals surface area contributed by atoms with Gasteiger partial charge < -0.3 is 9.88 Å². The van der Waals surface area contributed by atoms with Crippen LogP contribution >= 0.6 is 0 Å². The summed E-state index contributed by atoms with van der Waals surface area (Å²) < 4.78 is 0. The van der Waals surface area contributed by atoms with E-state index in [4.69, 9.17) is 0 Å². The van der Waals surface area contributed by atoms with Crippen LogP contribution in [-0.4, -0.2) is 24.4 Å². The number of H-pyrrole nitrogens is 1. The summed E-state index contributed by atoms with van der Waals surface area (Å²) in [6, 6.07) is 10.6. The summed E-state index contributed by atoms with van der Waals surface area (Å²) in [4.78, 5) is 16.9. The summed E-state index contributed by atoms with van der Waals surface area (Å²) in [7, 11) is 0. The zero-order valence-corrected chi connectivity index (χ0v) is 13.2. The van der Waals surface area contributed by atoms with Gasteiger partial charge in [-0.3, -0.25) is 4.79 Å². The summed E-state index contributed by atoms with van der Waals surface area (Å²) in [6.07, 6.45) is 4.98. The molecule has 0 amide bonds. The third kappa shape index (κ3) is 2.37. The molecule has 1 aromatic heterocycles. The van der Waals surface area contributed by atoms with Crippen molar-refractivity contribution in [1.29, 1.82) is 0 Å². The molecule has 0 fully saturated rings. The molecule has 2 aromatic carbocycles. The fourth-order valence-corrected chi connectivity index (χ4v) is 3.26. The quantitative estimate of drug-likeness (QED) is 0.665. The lowest BCUT2D eigenvalue weighted by atomic mass is 10.0. The number of aromatic amines is 1. The molecule has 3 aromatic rings. The molecule has 3 rings (SSSR count). The number of hydrogen-bond acceptors (Lipinski definition) is 2. The second kappa shape index (κ2) is 6.22. The number of nitrogens with zero attached hydrogens (tertiary/aromatic N) is 1. The van der Waals surface area contributed by atoms with Gasteiger partial charge in [0.05, 0.1) is 0 Å². The Kier molecular flexibility index (Phi) is 4.14. The molecule has 0 radical (unpaired) electrons. The monoisotopic (exact) mass is 294 g/mol. The molecule has 0 spiro atoms. The lowest BCUT2D eigenvalue weighted by Crippen LogP contribution is -2.24. The van der Waals surface area contributed by atoms with Gasteiger partial charge >= 0.3 is 0 Å². The summed E-state index contributed by atoms with van der Waals surface area (Å²) in [5, 5.41) is 3.40. The van der Waals surface area contributed by atoms with Crippen LogP contribution < -0.4 is 4.90 Å². The predicted molar refractivity (Wildman–Crippen MR) is 94.0 cm³/mol. The fraction of sp³-hybridized carbons (Fsp3) is 0.316. The molecule has 0 saturated carbocycles. The molecule has 1 N–H and O–H groups in total. The molecule has 0 bridgehead atoms. The molecule has 0 aliphatic carbocycles. The maximum atomic E-state index is 11.3. The highest BCUT2D eigenvalue weighted by Gasteiger charge is 2.12. The van der Waals surface area contributed by atoms with Crippen molar-refractivity contribution in [2.24, 2.45) is 0 Å². The van der Waals surface area contributed by atoms with Crippen molar-refractivity contribution in [3.8, 4) is 0 Å². The van der Waals surface area contributed by atoms with Gasteiger partial charge in [0.15, 0.2) is 6.29 Å². The van der Waals surface area contributed by atoms with Crippen molar-refractivity contribution < 1.29 is 4.79 Å². The third-order valence-corrected chi connectivity index (χ3v) is 4.17. The number of hydrogen-bond donors (Lipinski definition) is 1. The number of anilines is 1. The van der Waals surface area contributed by atoms with Gasteiger partial charge in [0.1, 0.15) is 0 Å². The van der Waals surface area contributed by atoms with Gasteiger partial charge in [-0.05, 0) is 30.4 Å². The van der Waals surface area contributed by atoms with E-state index in [0.29, 0.717) is 0 Å². The van der Waals surface area contributed by atoms with E-state index in [1.165, 1.54) is 11.1 Å². The molecule has 0 aliphatic rings. The van der Waals surface area contributed by atoms with Crippen LogP contribution in [0.4, 0.5) is 5.69 Å². The number of carbonyl (C=O) groups is 1. The van der Waals surface area contributed by atoms with Crippen LogP contribution in [0.15, 0.2) is 36.5 Å². The van der Waals surface area contributed by atoms with Gasteiger partial charge in [-0.1, -0.05) is 32.0 Å². The predicted octanol–water partition coefficient (Wildman–Crippen LogP) is 4.76. The average molecular weight is 294 g/mol. The highest BCUT2D eigenvalue weighted by atomic mass is 16.1. The summed E-state index contributed by atoms with van der Waals surface area (Å²) in [5.41, 5.74) is 3.01. The van der Waals surface area contributed by atoms with E-state index in [0.717, 1.165) is 54.1 Å². The standard InChI is InChI=1S/C19H22N2O/c1-3-10-21(11-4-2)18-7-5-6-16-15(18)8-9-17-19(16)14(13-22)12-20-17/h5-9,12-13,20H,3-4,10-11H2,1-2H3. The van der Waals surface area contributed by atoms with Gasteiger partial charge in [-0.15, -0.1) is 0 Å². The minimum Gasteiger partial charge on any atom is -0.371 e. The van der Waals surface area contributed by atoms with Crippen LogP contribution in [-0.2, 0) is 0 Å². The zero-order chi connectivity index (χ0) is 15.5. The fourth-order valence-electron chi connectivity index (χ4n) is 3.26. The number of fused-ring (bicyclic) bond motifs is 3. The van der Waals surface area contributed by atoms with Crippen molar-refractivity contribution in [3.05, 3.63) is 42.1 Å². The second-order valence-corrected chi connectivity index (χ2v) is 5.71. The molecule has 0 atom stereocenters. The number of aldehydes is 1. The first-order valence-electron chi connectivity index (χ1n) is 8.03. The SMILES string of the molecule is CCCN(CCC)c1cccc2c1ccc1[nH]cc(C=O)c12. The van der Waals surface area contributed by atoms with Crippen molar-refractivity contribution >= 4 is 33.6 Å². The number of nitrogens with one attached hydrogen (secondary N) is 1. The molecular weight excluding hydrogens is 272 g/mol. The van der Waals surface area contributed by atoms with E-state index in [-0.39, 0.29) is 0 Å². The Bertz CT molecular complexity index is 798. The first-order valence-corrected chi connectivity index (χ1v) is 8.03. The van der Waals surface area contributed by atoms with Crippen molar-refractivity contribution in [3.63, 3.8) is 0 Å². The van der Waals surface area contributed by atoms with Gasteiger partial charge in [0, 0.05) is 46.8 Å². The molecule has 0 unspecified atom stereocenters. The van der Waals surface area contributed by atoms with E-state index < -0.39 is 0 Å². The number of rotatable bonds is 6. The Balaban J connectivity index is 2.26. The molecular formula is C19H22N2O. The minimum atomic E-state index is 0.732. The normalized spacial score (nSPS) is 11.2. The Morgan fingerprint density at radius 1 is 1.05 bits per heavy atom. The van der Waals surface area contributed by atoms with Crippen LogP contribution in [0.3, 0.4) is 0 Å². The highest BCUT2D eigenvalue weighted by Crippen LogP contribution is 2.33. The van der Waals surface area contributed by atoms with Crippen LogP contribution in [0.5, 0.6) is 0 Å². The van der Waals surface area contributed by atoms with Gasteiger partial charge in [0.25, 0.3) is 0 Å². The molecule has 114 valence electrons. The molecule has 22 heavy (non-hydrogen) atoms. The first kappa shape index (κ1) is 14.6. The van der Waals surface area contributed by atoms with E-state index in [2.05, 4.69) is 54.1 Å². The van der Waals surface area contributed by atoms with E-state index in [1.54, 1.807) is 6.20 Å². The molecule has 3 heteroatoms. The van der Waals surface area contributed by atoms with E-state index in [9.17, 15) is 4.79 Å². The number of carbonyl (C=O) groups excluding carboxylic acids is 1. The van der Waals surface area contributed by atoms with Crippen molar-refractivity contribution in [1.82, 2.24) is 4.98 Å². The van der Waals surface area contributed by atoms with E-state index >= 15 is 0 Å². The average Bonchev–Trinajstić information content (AvgIpc) is 2.97. The molecule has 1 heterocycles. The number of aromatic nitrogens is 1. The van der Waals surface area contributed by atoms with Crippen molar-refractivity contribution in [2.75, 3.05) is 18.0 Å². The van der Waals surface area contributed by atoms with Crippen LogP contribution in [0.2, 0.25) is 0 Å². The summed E-state index contributed by atoms with van der Waals surface area (Å²) >= 11 is 0. The Morgan fingerprint density at radius 2 is 1.82 bits per heavy atom. The largest absolute Gasteiger partial charge is 0.371 e. The Hall–Kier alpha value is -2.29. The molecule has 0 aliphatic heterocycles. The minimum absolute atomic E-state index is 0.732. The Labute approximate surface area is 130 Å². The van der Waals surface area contributed by atoms with Crippen LogP contribution in [0, 0.1) is 0 Å². The summed E-state index contributed by atoms with van der Waals surface area (Å²) in [5.74, 6) is 0. The first-order chi connectivity index (χ1) is 10.8. The van der Waals surface area contributed by atoms with Gasteiger partial charge in [0.2, 0.25) is 0 Å². The topological polar surface area (TPSA) is 36.1 Å². The molecule has 3 nitrogen and oxygen atoms in total. The number of benzene rings is 2. The van der Waals surface area contributed by atoms with Crippen LogP contribution in [0.25, 0.3) is 21.7 Å². The maximum absolute atomic E-state index is 11.3. The highest BCUT2D eigenvalue weighted by molar-refractivity contribution is 6.16. The third-order valence-electron chi connectivity index (χ3n) is 4.17. The van der Waals surface area contributed by atoms with Gasteiger partial charge in [-0.25, -0.2) is 0 Å². The Morgan fingerprint density at radius 3 is 2.50 bits per heavy atom. The lowest BCUT2D eigenvalue weighted by Gasteiger charge is -2.25. The molecule has 0 saturated heterocycles. The maximum Gasteiger partial charge on any atom is 0.152 e. The van der Waals surface area contributed by atoms with Crippen molar-refractivity contribution in [2.45, 2.75) is 26.7 Å². The van der Waals surface area contributed by atoms with E-state index in [1.807, 2.05) is 0 Å². The second-order valence-electron chi connectivity index (χ2n) is 5.71. The smallest absolute Gasteiger partial charge is 0.152 e. The van der Waals surface area contributed by atoms with Crippen LogP contribution in [0.1, 0.15) is 37.0 Å². The summed E-state index contributed by atoms with van der Waals surface area (Å²) in [6.45, 7) is 6.53. The zero-order valence-electron chi connectivity index (χ0n) is 13.2.